The summed E-state index contributed by atoms with van der Waals surface area (Å²) in [4.78, 5) is 25.7. The Morgan fingerprint density at radius 1 is 1.34 bits per heavy atom. The summed E-state index contributed by atoms with van der Waals surface area (Å²) in [6.45, 7) is 8.42. The summed E-state index contributed by atoms with van der Waals surface area (Å²) < 4.78 is 30.8. The van der Waals surface area contributed by atoms with Crippen LogP contribution in [-0.4, -0.2) is 70.1 Å². The van der Waals surface area contributed by atoms with Gasteiger partial charge < -0.3 is 25.2 Å². The number of hydrogen-bond acceptors (Lipinski definition) is 10. The van der Waals surface area contributed by atoms with E-state index in [1.807, 2.05) is 30.3 Å². The zero-order valence-corrected chi connectivity index (χ0v) is 23.5. The Morgan fingerprint density at radius 3 is 2.74 bits per heavy atom. The molecule has 3 rings (SSSR count). The Kier molecular flexibility index (Phi) is 10.7. The topological polar surface area (TPSA) is 147 Å². The fourth-order valence-corrected chi connectivity index (χ4v) is 5.81. The van der Waals surface area contributed by atoms with Crippen LogP contribution in [-0.2, 0) is 34.5 Å². The highest BCUT2D eigenvalue weighted by atomic mass is 32.2. The van der Waals surface area contributed by atoms with Gasteiger partial charge in [-0.3, -0.25) is 18.6 Å². The molecule has 0 radical (unpaired) electrons. The van der Waals surface area contributed by atoms with E-state index >= 15 is 0 Å². The lowest BCUT2D eigenvalue weighted by Crippen LogP contribution is -2.42. The zero-order chi connectivity index (χ0) is 27.9. The van der Waals surface area contributed by atoms with Crippen LogP contribution in [0.15, 0.2) is 54.5 Å². The first-order valence-electron chi connectivity index (χ1n) is 12.2. The van der Waals surface area contributed by atoms with Crippen LogP contribution >= 0.6 is 19.5 Å². The molecule has 0 saturated carbocycles. The Labute approximate surface area is 227 Å². The summed E-state index contributed by atoms with van der Waals surface area (Å²) in [5.41, 5.74) is 0.440. The van der Waals surface area contributed by atoms with Gasteiger partial charge in [0.1, 0.15) is 18.2 Å². The molecule has 13 heteroatoms. The lowest BCUT2D eigenvalue weighted by Gasteiger charge is -2.32. The first-order valence-corrected chi connectivity index (χ1v) is 14.7. The number of carbonyl (C=O) groups is 2. The predicted octanol–water partition coefficient (Wildman–Crippen LogP) is 2.48. The number of benzene rings is 1. The number of aliphatic hydroxyl groups excluding tert-OH is 2. The highest BCUT2D eigenvalue weighted by Gasteiger charge is 2.40. The fourth-order valence-electron chi connectivity index (χ4n) is 3.57. The minimum absolute atomic E-state index is 0.0505. The number of carbonyl (C=O) groups excluding carboxylic acids is 2. The molecule has 1 amide bonds. The van der Waals surface area contributed by atoms with Crippen molar-refractivity contribution in [3.05, 3.63) is 60.1 Å². The molecule has 4 N–H and O–H groups in total. The molecule has 4 atom stereocenters. The second-order valence-electron chi connectivity index (χ2n) is 9.68. The Morgan fingerprint density at radius 2 is 2.05 bits per heavy atom. The molecule has 0 aromatic heterocycles. The average Bonchev–Trinajstić information content (AvgIpc) is 3.27. The van der Waals surface area contributed by atoms with Gasteiger partial charge >= 0.3 is 7.75 Å². The molecule has 0 bridgehead atoms. The summed E-state index contributed by atoms with van der Waals surface area (Å²) >= 11 is 0.981. The molecular formula is C25H36N3O8PS. The van der Waals surface area contributed by atoms with E-state index in [1.165, 1.54) is 0 Å². The number of ether oxygens (including phenoxy) is 1. The minimum Gasteiger partial charge on any atom is -0.395 e. The van der Waals surface area contributed by atoms with Crippen LogP contribution in [0.3, 0.4) is 0 Å². The number of nitrogens with one attached hydrogen (secondary N) is 2. The van der Waals surface area contributed by atoms with E-state index in [9.17, 15) is 24.4 Å². The van der Waals surface area contributed by atoms with Crippen LogP contribution in [0.4, 0.5) is 0 Å². The number of nitrogens with zero attached hydrogens (tertiary/aromatic N) is 1. The van der Waals surface area contributed by atoms with Gasteiger partial charge in [0.05, 0.1) is 31.3 Å². The molecule has 2 aliphatic heterocycles. The van der Waals surface area contributed by atoms with E-state index in [4.69, 9.17) is 13.8 Å². The van der Waals surface area contributed by atoms with Gasteiger partial charge in [-0.05, 0) is 26.3 Å². The van der Waals surface area contributed by atoms with Crippen molar-refractivity contribution < 1.29 is 38.2 Å². The number of thioether (sulfide) groups is 1. The van der Waals surface area contributed by atoms with Gasteiger partial charge in [-0.25, -0.2) is 9.65 Å². The molecule has 38 heavy (non-hydrogen) atoms. The Hall–Kier alpha value is -2.02. The molecule has 210 valence electrons. The van der Waals surface area contributed by atoms with Crippen LogP contribution < -0.4 is 10.4 Å². The van der Waals surface area contributed by atoms with E-state index in [2.05, 4.69) is 17.0 Å². The normalized spacial score (nSPS) is 23.7. The average molecular weight is 570 g/mol. The molecule has 0 spiro atoms. The van der Waals surface area contributed by atoms with Crippen molar-refractivity contribution in [3.8, 4) is 0 Å². The van der Waals surface area contributed by atoms with Crippen molar-refractivity contribution in [2.45, 2.75) is 52.2 Å². The highest BCUT2D eigenvalue weighted by molar-refractivity contribution is 8.13. The minimum atomic E-state index is -3.87. The molecule has 2 heterocycles. The predicted molar refractivity (Wildman–Crippen MR) is 143 cm³/mol. The monoisotopic (exact) mass is 569 g/mol. The third-order valence-corrected chi connectivity index (χ3v) is 8.77. The quantitative estimate of drug-likeness (QED) is 0.205. The SMILES string of the molecule is C=C1NC(=O)C(C)=CN1[C@H]1CC(O)[C@H](COP(=O)(NCc2ccccc2)OCCSC(=O)C(C)(C)CO)O1. The molecule has 2 aliphatic rings. The van der Waals surface area contributed by atoms with Crippen molar-refractivity contribution in [1.29, 1.82) is 0 Å². The van der Waals surface area contributed by atoms with E-state index in [1.54, 1.807) is 31.9 Å². The highest BCUT2D eigenvalue weighted by Crippen LogP contribution is 2.45. The molecular weight excluding hydrogens is 533 g/mol. The maximum Gasteiger partial charge on any atom is 0.405 e. The summed E-state index contributed by atoms with van der Waals surface area (Å²) in [6, 6.07) is 9.29. The molecule has 1 aromatic carbocycles. The van der Waals surface area contributed by atoms with Crippen LogP contribution in [0.5, 0.6) is 0 Å². The van der Waals surface area contributed by atoms with Crippen molar-refractivity contribution >= 4 is 30.5 Å². The first-order chi connectivity index (χ1) is 17.9. The van der Waals surface area contributed by atoms with Gasteiger partial charge in [-0.15, -0.1) is 0 Å². The van der Waals surface area contributed by atoms with Gasteiger partial charge in [-0.1, -0.05) is 48.7 Å². The van der Waals surface area contributed by atoms with Crippen LogP contribution in [0.2, 0.25) is 0 Å². The van der Waals surface area contributed by atoms with E-state index < -0.39 is 31.6 Å². The third-order valence-electron chi connectivity index (χ3n) is 6.03. The van der Waals surface area contributed by atoms with Crippen molar-refractivity contribution in [2.24, 2.45) is 5.41 Å². The van der Waals surface area contributed by atoms with Gasteiger partial charge in [-0.2, -0.15) is 0 Å². The van der Waals surface area contributed by atoms with Gasteiger partial charge in [0.25, 0.3) is 5.91 Å². The van der Waals surface area contributed by atoms with Gasteiger partial charge in [0.15, 0.2) is 5.12 Å². The van der Waals surface area contributed by atoms with Crippen molar-refractivity contribution in [1.82, 2.24) is 15.3 Å². The van der Waals surface area contributed by atoms with E-state index in [0.29, 0.717) is 11.4 Å². The molecule has 0 aliphatic carbocycles. The number of hydrogen-bond donors (Lipinski definition) is 4. The summed E-state index contributed by atoms with van der Waals surface area (Å²) in [6.07, 6.45) is -0.508. The van der Waals surface area contributed by atoms with Crippen LogP contribution in [0.25, 0.3) is 0 Å². The van der Waals surface area contributed by atoms with E-state index in [0.717, 1.165) is 17.3 Å². The second-order valence-corrected chi connectivity index (χ2v) is 12.6. The third kappa shape index (κ3) is 8.24. The number of rotatable bonds is 13. The maximum absolute atomic E-state index is 13.6. The molecule has 1 aromatic rings. The summed E-state index contributed by atoms with van der Waals surface area (Å²) in [7, 11) is -3.87. The fraction of sp³-hybridized carbons (Fsp3) is 0.520. The zero-order valence-electron chi connectivity index (χ0n) is 21.8. The van der Waals surface area contributed by atoms with Crippen LogP contribution in [0.1, 0.15) is 32.8 Å². The van der Waals surface area contributed by atoms with Crippen LogP contribution in [0, 0.1) is 5.41 Å². The molecule has 1 saturated heterocycles. The van der Waals surface area contributed by atoms with Crippen molar-refractivity contribution in [2.75, 3.05) is 25.6 Å². The standard InChI is InChI=1S/C25H36N3O8PS/c1-17-14-28(18(2)27-23(17)31)22-12-20(30)21(36-22)15-35-37(33,26-13-19-8-6-5-7-9-19)34-10-11-38-24(32)25(3,4)16-29/h5-9,14,20-22,29-30H,2,10-13,15-16H2,1,3-4H3,(H,26,33)(H,27,31)/t20?,21-,22+,37?/m0/s1. The van der Waals surface area contributed by atoms with Gasteiger partial charge in [0.2, 0.25) is 0 Å². The Balaban J connectivity index is 1.60. The lowest BCUT2D eigenvalue weighted by atomic mass is 9.97. The van der Waals surface area contributed by atoms with Gasteiger partial charge in [0, 0.05) is 30.5 Å². The molecule has 11 nitrogen and oxygen atoms in total. The Bertz CT molecular complexity index is 1080. The smallest absolute Gasteiger partial charge is 0.395 e. The largest absolute Gasteiger partial charge is 0.405 e. The van der Waals surface area contributed by atoms with E-state index in [-0.39, 0.29) is 49.6 Å². The molecule has 1 fully saturated rings. The summed E-state index contributed by atoms with van der Waals surface area (Å²) in [5.74, 6) is 0.281. The number of amides is 1. The molecule has 2 unspecified atom stereocenters. The number of aliphatic hydroxyl groups is 2. The second kappa shape index (κ2) is 13.4. The first kappa shape index (κ1) is 30.5. The summed E-state index contributed by atoms with van der Waals surface area (Å²) in [5, 5.41) is 25.2. The maximum atomic E-state index is 13.6. The van der Waals surface area contributed by atoms with Crippen molar-refractivity contribution in [3.63, 3.8) is 0 Å². The lowest BCUT2D eigenvalue weighted by molar-refractivity contribution is -0.120.